The van der Waals surface area contributed by atoms with Crippen molar-refractivity contribution in [2.75, 3.05) is 5.32 Å². The highest BCUT2D eigenvalue weighted by atomic mass is 35.5. The molecule has 7 heteroatoms. The minimum Gasteiger partial charge on any atom is -0.354 e. The van der Waals surface area contributed by atoms with E-state index in [0.717, 1.165) is 0 Å². The number of para-hydroxylation sites is 1. The molecule has 0 spiro atoms. The Bertz CT molecular complexity index is 966. The molecule has 1 heterocycles. The Morgan fingerprint density at radius 3 is 2.74 bits per heavy atom. The molecule has 1 aromatic heterocycles. The third-order valence-corrected chi connectivity index (χ3v) is 3.52. The number of non-ortho nitro benzene ring substituents is 1. The first-order valence-corrected chi connectivity index (χ1v) is 6.97. The second-order valence-corrected chi connectivity index (χ2v) is 5.16. The summed E-state index contributed by atoms with van der Waals surface area (Å²) >= 11 is 5.96. The van der Waals surface area contributed by atoms with Gasteiger partial charge in [0.2, 0.25) is 0 Å². The topological polar surface area (TPSA) is 91.8 Å². The molecule has 0 atom stereocenters. The Morgan fingerprint density at radius 1 is 1.26 bits per heavy atom. The summed E-state index contributed by atoms with van der Waals surface area (Å²) < 4.78 is 0. The molecule has 0 amide bonds. The van der Waals surface area contributed by atoms with E-state index in [-0.39, 0.29) is 16.8 Å². The number of nitro benzene ring substituents is 1. The van der Waals surface area contributed by atoms with Crippen molar-refractivity contribution in [2.24, 2.45) is 0 Å². The average Bonchev–Trinajstić information content (AvgIpc) is 2.54. The van der Waals surface area contributed by atoms with E-state index in [1.54, 1.807) is 36.4 Å². The summed E-state index contributed by atoms with van der Waals surface area (Å²) in [6.45, 7) is 0. The summed E-state index contributed by atoms with van der Waals surface area (Å²) in [5, 5.41) is 24.6. The lowest BCUT2D eigenvalue weighted by Crippen LogP contribution is -1.99. The highest BCUT2D eigenvalue weighted by Crippen LogP contribution is 2.33. The molecule has 1 N–H and O–H groups in total. The van der Waals surface area contributed by atoms with Crippen LogP contribution in [0.4, 0.5) is 17.1 Å². The average molecular weight is 325 g/mol. The maximum atomic E-state index is 11.1. The van der Waals surface area contributed by atoms with Crippen molar-refractivity contribution in [3.8, 4) is 6.07 Å². The van der Waals surface area contributed by atoms with Gasteiger partial charge in [0.1, 0.15) is 11.6 Å². The van der Waals surface area contributed by atoms with E-state index in [0.29, 0.717) is 21.8 Å². The number of nitro groups is 1. The highest BCUT2D eigenvalue weighted by molar-refractivity contribution is 6.30. The predicted molar refractivity (Wildman–Crippen MR) is 87.8 cm³/mol. The fourth-order valence-corrected chi connectivity index (χ4v) is 2.48. The quantitative estimate of drug-likeness (QED) is 0.569. The minimum absolute atomic E-state index is 0.110. The normalized spacial score (nSPS) is 10.3. The SMILES string of the molecule is N#Cc1cnc2c([N+](=O)[O-])cccc2c1Nc1cccc(Cl)c1. The second kappa shape index (κ2) is 5.91. The molecule has 6 nitrogen and oxygen atoms in total. The van der Waals surface area contributed by atoms with Gasteiger partial charge in [-0.2, -0.15) is 5.26 Å². The number of nitrogens with zero attached hydrogens (tertiary/aromatic N) is 3. The van der Waals surface area contributed by atoms with Gasteiger partial charge in [-0.15, -0.1) is 0 Å². The number of hydrogen-bond acceptors (Lipinski definition) is 5. The maximum Gasteiger partial charge on any atom is 0.295 e. The van der Waals surface area contributed by atoms with Gasteiger partial charge in [-0.25, -0.2) is 4.98 Å². The van der Waals surface area contributed by atoms with Crippen molar-refractivity contribution >= 4 is 39.6 Å². The van der Waals surface area contributed by atoms with Crippen LogP contribution >= 0.6 is 11.6 Å². The second-order valence-electron chi connectivity index (χ2n) is 4.72. The molecular weight excluding hydrogens is 316 g/mol. The van der Waals surface area contributed by atoms with E-state index in [1.165, 1.54) is 12.3 Å². The number of rotatable bonds is 3. The number of fused-ring (bicyclic) bond motifs is 1. The van der Waals surface area contributed by atoms with Crippen LogP contribution in [-0.4, -0.2) is 9.91 Å². The van der Waals surface area contributed by atoms with Crippen molar-refractivity contribution < 1.29 is 4.92 Å². The smallest absolute Gasteiger partial charge is 0.295 e. The molecule has 0 aliphatic carbocycles. The molecular formula is C16H9ClN4O2. The van der Waals surface area contributed by atoms with Crippen molar-refractivity contribution in [3.05, 3.63) is 69.4 Å². The Morgan fingerprint density at radius 2 is 2.04 bits per heavy atom. The Labute approximate surface area is 136 Å². The van der Waals surface area contributed by atoms with E-state index in [4.69, 9.17) is 11.6 Å². The summed E-state index contributed by atoms with van der Waals surface area (Å²) in [5.41, 5.74) is 1.54. The third-order valence-electron chi connectivity index (χ3n) is 3.29. The summed E-state index contributed by atoms with van der Waals surface area (Å²) in [4.78, 5) is 14.7. The zero-order valence-corrected chi connectivity index (χ0v) is 12.4. The predicted octanol–water partition coefficient (Wildman–Crippen LogP) is 4.41. The van der Waals surface area contributed by atoms with Crippen LogP contribution in [0.2, 0.25) is 5.02 Å². The summed E-state index contributed by atoms with van der Waals surface area (Å²) in [6, 6.07) is 13.7. The monoisotopic (exact) mass is 324 g/mol. The van der Waals surface area contributed by atoms with Crippen LogP contribution in [-0.2, 0) is 0 Å². The fourth-order valence-electron chi connectivity index (χ4n) is 2.28. The molecule has 0 aliphatic rings. The van der Waals surface area contributed by atoms with Crippen LogP contribution < -0.4 is 5.32 Å². The third kappa shape index (κ3) is 2.78. The van der Waals surface area contributed by atoms with Crippen LogP contribution in [0.15, 0.2) is 48.7 Å². The largest absolute Gasteiger partial charge is 0.354 e. The van der Waals surface area contributed by atoms with Gasteiger partial charge in [0.25, 0.3) is 5.69 Å². The number of hydrogen-bond donors (Lipinski definition) is 1. The number of nitrogens with one attached hydrogen (secondary N) is 1. The molecule has 112 valence electrons. The van der Waals surface area contributed by atoms with Gasteiger partial charge >= 0.3 is 0 Å². The fraction of sp³-hybridized carbons (Fsp3) is 0. The molecule has 0 saturated carbocycles. The van der Waals surface area contributed by atoms with Gasteiger partial charge in [-0.05, 0) is 18.2 Å². The molecule has 23 heavy (non-hydrogen) atoms. The highest BCUT2D eigenvalue weighted by Gasteiger charge is 2.17. The first kappa shape index (κ1) is 14.8. The van der Waals surface area contributed by atoms with Crippen molar-refractivity contribution in [1.82, 2.24) is 4.98 Å². The van der Waals surface area contributed by atoms with Gasteiger partial charge in [0, 0.05) is 28.4 Å². The van der Waals surface area contributed by atoms with E-state index < -0.39 is 4.92 Å². The minimum atomic E-state index is -0.495. The van der Waals surface area contributed by atoms with E-state index in [9.17, 15) is 15.4 Å². The van der Waals surface area contributed by atoms with E-state index in [1.807, 2.05) is 6.07 Å². The van der Waals surface area contributed by atoms with Crippen LogP contribution in [0, 0.1) is 21.4 Å². The zero-order chi connectivity index (χ0) is 16.4. The van der Waals surface area contributed by atoms with Crippen molar-refractivity contribution in [2.45, 2.75) is 0 Å². The Hall–Kier alpha value is -3.17. The van der Waals surface area contributed by atoms with Gasteiger partial charge in [-0.1, -0.05) is 29.8 Å². The first-order valence-electron chi connectivity index (χ1n) is 6.59. The van der Waals surface area contributed by atoms with E-state index >= 15 is 0 Å². The molecule has 0 unspecified atom stereocenters. The Balaban J connectivity index is 2.23. The van der Waals surface area contributed by atoms with Crippen LogP contribution in [0.1, 0.15) is 5.56 Å². The lowest BCUT2D eigenvalue weighted by Gasteiger charge is -2.11. The van der Waals surface area contributed by atoms with Gasteiger partial charge < -0.3 is 5.32 Å². The molecule has 3 aromatic rings. The van der Waals surface area contributed by atoms with Crippen LogP contribution in [0.5, 0.6) is 0 Å². The summed E-state index contributed by atoms with van der Waals surface area (Å²) in [7, 11) is 0. The number of nitriles is 1. The molecule has 0 aliphatic heterocycles. The number of halogens is 1. The molecule has 0 saturated heterocycles. The zero-order valence-electron chi connectivity index (χ0n) is 11.7. The first-order chi connectivity index (χ1) is 11.1. The van der Waals surface area contributed by atoms with Crippen molar-refractivity contribution in [1.29, 1.82) is 5.26 Å². The lowest BCUT2D eigenvalue weighted by atomic mass is 10.1. The van der Waals surface area contributed by atoms with Crippen LogP contribution in [0.3, 0.4) is 0 Å². The molecule has 3 rings (SSSR count). The molecule has 0 radical (unpaired) electrons. The molecule has 2 aromatic carbocycles. The maximum absolute atomic E-state index is 11.1. The number of anilines is 2. The number of benzene rings is 2. The van der Waals surface area contributed by atoms with Crippen LogP contribution in [0.25, 0.3) is 10.9 Å². The number of pyridine rings is 1. The number of aromatic nitrogens is 1. The lowest BCUT2D eigenvalue weighted by molar-refractivity contribution is -0.383. The van der Waals surface area contributed by atoms with Gasteiger partial charge in [0.15, 0.2) is 0 Å². The summed E-state index contributed by atoms with van der Waals surface area (Å²) in [6.07, 6.45) is 1.32. The van der Waals surface area contributed by atoms with Gasteiger partial charge in [-0.3, -0.25) is 10.1 Å². The summed E-state index contributed by atoms with van der Waals surface area (Å²) in [5.74, 6) is 0. The Kier molecular flexibility index (Phi) is 3.79. The standard InChI is InChI=1S/C16H9ClN4O2/c17-11-3-1-4-12(7-11)20-15-10(8-18)9-19-16-13(15)5-2-6-14(16)21(22)23/h1-7,9H,(H,19,20). The molecule has 0 bridgehead atoms. The molecule has 0 fully saturated rings. The van der Waals surface area contributed by atoms with Gasteiger partial charge in [0.05, 0.1) is 16.2 Å². The van der Waals surface area contributed by atoms with E-state index in [2.05, 4.69) is 10.3 Å². The van der Waals surface area contributed by atoms with Crippen molar-refractivity contribution in [3.63, 3.8) is 0 Å².